The van der Waals surface area contributed by atoms with Gasteiger partial charge >= 0.3 is 0 Å². The summed E-state index contributed by atoms with van der Waals surface area (Å²) in [5, 5.41) is 2.92. The van der Waals surface area contributed by atoms with Gasteiger partial charge in [-0.05, 0) is 63.0 Å². The molecule has 116 valence electrons. The Balaban J connectivity index is 1.70. The van der Waals surface area contributed by atoms with E-state index in [9.17, 15) is 4.79 Å². The van der Waals surface area contributed by atoms with Gasteiger partial charge in [-0.2, -0.15) is 0 Å². The smallest absolute Gasteiger partial charge is 0.224 e. The third-order valence-electron chi connectivity index (χ3n) is 4.26. The number of nitrogens with two attached hydrogens (primary N) is 1. The van der Waals surface area contributed by atoms with Crippen LogP contribution in [0.5, 0.6) is 0 Å². The Kier molecular flexibility index (Phi) is 6.05. The third kappa shape index (κ3) is 5.05. The number of carbonyl (C=O) groups is 1. The molecule has 2 rings (SSSR count). The molecular formula is C17H27N3O. The van der Waals surface area contributed by atoms with Crippen molar-refractivity contribution in [1.29, 1.82) is 0 Å². The molecule has 0 bridgehead atoms. The van der Waals surface area contributed by atoms with Crippen molar-refractivity contribution in [2.45, 2.75) is 51.5 Å². The quantitative estimate of drug-likeness (QED) is 0.790. The molecule has 1 unspecified atom stereocenters. The number of anilines is 2. The van der Waals surface area contributed by atoms with E-state index in [-0.39, 0.29) is 5.91 Å². The molecule has 3 N–H and O–H groups in total. The van der Waals surface area contributed by atoms with Gasteiger partial charge in [-0.3, -0.25) is 4.79 Å². The highest BCUT2D eigenvalue weighted by Crippen LogP contribution is 2.19. The number of nitrogens with one attached hydrogen (secondary N) is 1. The lowest BCUT2D eigenvalue weighted by atomic mass is 10.00. The molecule has 0 spiro atoms. The normalized spacial score (nSPS) is 19.4. The van der Waals surface area contributed by atoms with Gasteiger partial charge in [0.2, 0.25) is 5.91 Å². The minimum atomic E-state index is 0.0878. The van der Waals surface area contributed by atoms with Crippen molar-refractivity contribution in [3.8, 4) is 0 Å². The van der Waals surface area contributed by atoms with Crippen LogP contribution in [0.25, 0.3) is 0 Å². The van der Waals surface area contributed by atoms with Crippen LogP contribution < -0.4 is 11.1 Å². The van der Waals surface area contributed by atoms with Crippen LogP contribution in [0.1, 0.15) is 45.4 Å². The molecule has 1 heterocycles. The maximum absolute atomic E-state index is 11.9. The number of likely N-dealkylation sites (tertiary alicyclic amines) is 1. The second-order valence-electron chi connectivity index (χ2n) is 5.87. The molecule has 1 aromatic rings. The van der Waals surface area contributed by atoms with Crippen LogP contribution in [0.2, 0.25) is 0 Å². The lowest BCUT2D eigenvalue weighted by Gasteiger charge is -2.35. The fourth-order valence-electron chi connectivity index (χ4n) is 3.05. The van der Waals surface area contributed by atoms with E-state index in [2.05, 4.69) is 17.1 Å². The van der Waals surface area contributed by atoms with Crippen molar-refractivity contribution in [3.63, 3.8) is 0 Å². The minimum Gasteiger partial charge on any atom is -0.399 e. The average Bonchev–Trinajstić information content (AvgIpc) is 2.50. The van der Waals surface area contributed by atoms with Gasteiger partial charge in [-0.15, -0.1) is 0 Å². The average molecular weight is 289 g/mol. The number of benzene rings is 1. The van der Waals surface area contributed by atoms with Crippen LogP contribution in [0, 0.1) is 0 Å². The summed E-state index contributed by atoms with van der Waals surface area (Å²) in [6.07, 6.45) is 6.70. The van der Waals surface area contributed by atoms with Crippen molar-refractivity contribution in [3.05, 3.63) is 24.3 Å². The van der Waals surface area contributed by atoms with Gasteiger partial charge in [0.1, 0.15) is 0 Å². The van der Waals surface area contributed by atoms with Crippen LogP contribution in [-0.4, -0.2) is 29.9 Å². The van der Waals surface area contributed by atoms with Gasteiger partial charge in [0, 0.05) is 23.8 Å². The zero-order chi connectivity index (χ0) is 15.1. The molecule has 21 heavy (non-hydrogen) atoms. The van der Waals surface area contributed by atoms with E-state index < -0.39 is 0 Å². The fourth-order valence-corrected chi connectivity index (χ4v) is 3.05. The SMILES string of the molecule is CCC1CCCCN1CCCC(=O)Nc1ccc(N)cc1. The van der Waals surface area contributed by atoms with Gasteiger partial charge in [0.25, 0.3) is 0 Å². The first kappa shape index (κ1) is 15.8. The molecule has 1 aliphatic heterocycles. The molecule has 4 heteroatoms. The largest absolute Gasteiger partial charge is 0.399 e. The number of hydrogen-bond donors (Lipinski definition) is 2. The molecule has 1 aromatic carbocycles. The highest BCUT2D eigenvalue weighted by atomic mass is 16.1. The second-order valence-corrected chi connectivity index (χ2v) is 5.87. The number of carbonyl (C=O) groups excluding carboxylic acids is 1. The highest BCUT2D eigenvalue weighted by Gasteiger charge is 2.20. The fraction of sp³-hybridized carbons (Fsp3) is 0.588. The molecule has 1 atom stereocenters. The van der Waals surface area contributed by atoms with Crippen LogP contribution in [0.15, 0.2) is 24.3 Å². The predicted octanol–water partition coefficient (Wildman–Crippen LogP) is 3.25. The third-order valence-corrected chi connectivity index (χ3v) is 4.26. The van der Waals surface area contributed by atoms with E-state index in [0.717, 1.165) is 24.7 Å². The van der Waals surface area contributed by atoms with Gasteiger partial charge in [-0.25, -0.2) is 0 Å². The van der Waals surface area contributed by atoms with Gasteiger partial charge < -0.3 is 16.0 Å². The summed E-state index contributed by atoms with van der Waals surface area (Å²) in [4.78, 5) is 14.5. The maximum atomic E-state index is 11.9. The van der Waals surface area contributed by atoms with Gasteiger partial charge in [0.15, 0.2) is 0 Å². The Morgan fingerprint density at radius 1 is 1.33 bits per heavy atom. The molecule has 1 fully saturated rings. The first-order valence-electron chi connectivity index (χ1n) is 8.08. The molecule has 0 aromatic heterocycles. The molecular weight excluding hydrogens is 262 g/mol. The number of amides is 1. The number of nitrogen functional groups attached to an aromatic ring is 1. The van der Waals surface area contributed by atoms with E-state index in [4.69, 9.17) is 5.73 Å². The summed E-state index contributed by atoms with van der Waals surface area (Å²) in [6.45, 7) is 4.49. The standard InChI is InChI=1S/C17H27N3O/c1-2-16-6-3-4-12-20(16)13-5-7-17(21)19-15-10-8-14(18)9-11-15/h8-11,16H,2-7,12-13,18H2,1H3,(H,19,21). The van der Waals surface area contributed by atoms with Crippen LogP contribution in [0.4, 0.5) is 11.4 Å². The molecule has 0 aliphatic carbocycles. The lowest BCUT2D eigenvalue weighted by Crippen LogP contribution is -2.39. The van der Waals surface area contributed by atoms with E-state index in [1.54, 1.807) is 12.1 Å². The Hall–Kier alpha value is -1.55. The van der Waals surface area contributed by atoms with Gasteiger partial charge in [0.05, 0.1) is 0 Å². The van der Waals surface area contributed by atoms with Crippen molar-refractivity contribution in [2.24, 2.45) is 0 Å². The predicted molar refractivity (Wildman–Crippen MR) is 88.2 cm³/mol. The Labute approximate surface area is 127 Å². The van der Waals surface area contributed by atoms with Crippen molar-refractivity contribution in [1.82, 2.24) is 4.90 Å². The first-order valence-corrected chi connectivity index (χ1v) is 8.08. The Bertz CT molecular complexity index is 444. The summed E-state index contributed by atoms with van der Waals surface area (Å²) < 4.78 is 0. The molecule has 4 nitrogen and oxygen atoms in total. The Morgan fingerprint density at radius 2 is 2.10 bits per heavy atom. The minimum absolute atomic E-state index is 0.0878. The Morgan fingerprint density at radius 3 is 2.81 bits per heavy atom. The molecule has 1 aliphatic rings. The second kappa shape index (κ2) is 8.03. The number of nitrogens with zero attached hydrogens (tertiary/aromatic N) is 1. The first-order chi connectivity index (χ1) is 10.2. The zero-order valence-corrected chi connectivity index (χ0v) is 13.0. The van der Waals surface area contributed by atoms with Gasteiger partial charge in [-0.1, -0.05) is 13.3 Å². The summed E-state index contributed by atoms with van der Waals surface area (Å²) >= 11 is 0. The zero-order valence-electron chi connectivity index (χ0n) is 13.0. The van der Waals surface area contributed by atoms with Crippen molar-refractivity contribution >= 4 is 17.3 Å². The van der Waals surface area contributed by atoms with E-state index in [0.29, 0.717) is 12.1 Å². The van der Waals surface area contributed by atoms with Crippen LogP contribution in [0.3, 0.4) is 0 Å². The summed E-state index contributed by atoms with van der Waals surface area (Å²) in [5.74, 6) is 0.0878. The van der Waals surface area contributed by atoms with E-state index in [1.807, 2.05) is 12.1 Å². The highest BCUT2D eigenvalue weighted by molar-refractivity contribution is 5.90. The van der Waals surface area contributed by atoms with Crippen molar-refractivity contribution in [2.75, 3.05) is 24.1 Å². The molecule has 1 amide bonds. The lowest BCUT2D eigenvalue weighted by molar-refractivity contribution is -0.116. The molecule has 1 saturated heterocycles. The number of rotatable bonds is 6. The maximum Gasteiger partial charge on any atom is 0.224 e. The van der Waals surface area contributed by atoms with E-state index in [1.165, 1.54) is 32.2 Å². The number of piperidine rings is 1. The summed E-state index contributed by atoms with van der Waals surface area (Å²) in [7, 11) is 0. The molecule has 0 saturated carbocycles. The van der Waals surface area contributed by atoms with Crippen LogP contribution >= 0.6 is 0 Å². The topological polar surface area (TPSA) is 58.4 Å². The molecule has 0 radical (unpaired) electrons. The monoisotopic (exact) mass is 289 g/mol. The van der Waals surface area contributed by atoms with E-state index >= 15 is 0 Å². The van der Waals surface area contributed by atoms with Crippen LogP contribution in [-0.2, 0) is 4.79 Å². The summed E-state index contributed by atoms with van der Waals surface area (Å²) in [6, 6.07) is 8.00. The summed E-state index contributed by atoms with van der Waals surface area (Å²) in [5.41, 5.74) is 7.16. The van der Waals surface area contributed by atoms with Crippen molar-refractivity contribution < 1.29 is 4.79 Å². The number of hydrogen-bond acceptors (Lipinski definition) is 3.